The fourth-order valence-corrected chi connectivity index (χ4v) is 2.26. The lowest BCUT2D eigenvalue weighted by atomic mass is 9.87. The number of halogens is 1. The first-order chi connectivity index (χ1) is 8.38. The van der Waals surface area contributed by atoms with Gasteiger partial charge in [-0.3, -0.25) is 4.79 Å². The van der Waals surface area contributed by atoms with Gasteiger partial charge in [-0.1, -0.05) is 26.8 Å². The van der Waals surface area contributed by atoms with E-state index in [1.165, 1.54) is 17.5 Å². The van der Waals surface area contributed by atoms with Gasteiger partial charge in [0.25, 0.3) is 0 Å². The zero-order chi connectivity index (χ0) is 13.3. The minimum absolute atomic E-state index is 0. The molecule has 3 nitrogen and oxygen atoms in total. The van der Waals surface area contributed by atoms with Gasteiger partial charge in [-0.25, -0.2) is 0 Å². The number of anilines is 1. The second kappa shape index (κ2) is 5.93. The quantitative estimate of drug-likeness (QED) is 0.876. The fourth-order valence-electron chi connectivity index (χ4n) is 2.26. The summed E-state index contributed by atoms with van der Waals surface area (Å²) in [6.45, 7) is 5.92. The molecule has 0 saturated heterocycles. The summed E-state index contributed by atoms with van der Waals surface area (Å²) in [4.78, 5) is 12.0. The minimum atomic E-state index is -0.495. The molecular formula is C15H23ClN2O. The van der Waals surface area contributed by atoms with E-state index in [0.717, 1.165) is 18.5 Å². The molecule has 0 spiro atoms. The van der Waals surface area contributed by atoms with Crippen molar-refractivity contribution in [1.82, 2.24) is 0 Å². The molecular weight excluding hydrogens is 260 g/mol. The highest BCUT2D eigenvalue weighted by Gasteiger charge is 2.27. The first-order valence-electron chi connectivity index (χ1n) is 6.56. The largest absolute Gasteiger partial charge is 0.325 e. The van der Waals surface area contributed by atoms with Gasteiger partial charge in [0, 0.05) is 5.69 Å². The third kappa shape index (κ3) is 3.71. The third-order valence-electron chi connectivity index (χ3n) is 3.58. The molecule has 0 radical (unpaired) electrons. The summed E-state index contributed by atoms with van der Waals surface area (Å²) in [7, 11) is 0. The van der Waals surface area contributed by atoms with Crippen LogP contribution >= 0.6 is 12.4 Å². The van der Waals surface area contributed by atoms with Crippen LogP contribution in [-0.4, -0.2) is 11.9 Å². The maximum absolute atomic E-state index is 12.0. The Hall–Kier alpha value is -1.06. The maximum Gasteiger partial charge on any atom is 0.241 e. The molecule has 1 aliphatic rings. The molecule has 1 atom stereocenters. The molecule has 2 rings (SSSR count). The van der Waals surface area contributed by atoms with E-state index in [0.29, 0.717) is 0 Å². The highest BCUT2D eigenvalue weighted by atomic mass is 35.5. The van der Waals surface area contributed by atoms with Crippen LogP contribution in [-0.2, 0) is 17.6 Å². The summed E-state index contributed by atoms with van der Waals surface area (Å²) in [5.41, 5.74) is 9.35. The zero-order valence-electron chi connectivity index (χ0n) is 11.8. The molecule has 0 heterocycles. The van der Waals surface area contributed by atoms with Crippen molar-refractivity contribution in [2.24, 2.45) is 11.1 Å². The van der Waals surface area contributed by atoms with E-state index in [9.17, 15) is 4.79 Å². The molecule has 0 fully saturated rings. The topological polar surface area (TPSA) is 55.1 Å². The molecule has 1 aliphatic carbocycles. The van der Waals surface area contributed by atoms with Crippen LogP contribution in [0, 0.1) is 5.41 Å². The lowest BCUT2D eigenvalue weighted by Gasteiger charge is -2.25. The predicted octanol–water partition coefficient (Wildman–Crippen LogP) is 2.91. The molecule has 106 valence electrons. The second-order valence-electron chi connectivity index (χ2n) is 6.17. The van der Waals surface area contributed by atoms with Crippen LogP contribution in [0.2, 0.25) is 0 Å². The number of rotatable bonds is 2. The van der Waals surface area contributed by atoms with Crippen LogP contribution in [0.25, 0.3) is 0 Å². The van der Waals surface area contributed by atoms with E-state index in [2.05, 4.69) is 17.4 Å². The van der Waals surface area contributed by atoms with Crippen LogP contribution in [0.5, 0.6) is 0 Å². The smallest absolute Gasteiger partial charge is 0.241 e. The number of nitrogens with two attached hydrogens (primary N) is 1. The molecule has 0 aromatic heterocycles. The lowest BCUT2D eigenvalue weighted by molar-refractivity contribution is -0.119. The van der Waals surface area contributed by atoms with E-state index in [-0.39, 0.29) is 23.7 Å². The molecule has 1 aromatic carbocycles. The normalized spacial score (nSPS) is 15.4. The SMILES string of the molecule is CC(C)(C)[C@H](N)C(=O)Nc1ccc2c(c1)CCC2.Cl. The average molecular weight is 283 g/mol. The van der Waals surface area contributed by atoms with Crippen molar-refractivity contribution < 1.29 is 4.79 Å². The van der Waals surface area contributed by atoms with Crippen molar-refractivity contribution in [3.63, 3.8) is 0 Å². The number of hydrogen-bond acceptors (Lipinski definition) is 2. The molecule has 1 amide bonds. The average Bonchev–Trinajstić information content (AvgIpc) is 2.73. The summed E-state index contributed by atoms with van der Waals surface area (Å²) in [6, 6.07) is 5.67. The summed E-state index contributed by atoms with van der Waals surface area (Å²) in [6.07, 6.45) is 3.49. The van der Waals surface area contributed by atoms with Gasteiger partial charge in [-0.2, -0.15) is 0 Å². The summed E-state index contributed by atoms with van der Waals surface area (Å²) in [5, 5.41) is 2.91. The van der Waals surface area contributed by atoms with Gasteiger partial charge in [-0.05, 0) is 47.9 Å². The predicted molar refractivity (Wildman–Crippen MR) is 81.8 cm³/mol. The minimum Gasteiger partial charge on any atom is -0.325 e. The molecule has 0 unspecified atom stereocenters. The van der Waals surface area contributed by atoms with Crippen molar-refractivity contribution >= 4 is 24.0 Å². The van der Waals surface area contributed by atoms with Crippen LogP contribution in [0.4, 0.5) is 5.69 Å². The highest BCUT2D eigenvalue weighted by Crippen LogP contribution is 2.25. The van der Waals surface area contributed by atoms with Crippen molar-refractivity contribution in [1.29, 1.82) is 0 Å². The van der Waals surface area contributed by atoms with Crippen LogP contribution in [0.1, 0.15) is 38.3 Å². The first-order valence-corrected chi connectivity index (χ1v) is 6.56. The van der Waals surface area contributed by atoms with E-state index in [4.69, 9.17) is 5.73 Å². The van der Waals surface area contributed by atoms with E-state index in [1.54, 1.807) is 0 Å². The summed E-state index contributed by atoms with van der Waals surface area (Å²) >= 11 is 0. The van der Waals surface area contributed by atoms with Gasteiger partial charge in [0.15, 0.2) is 0 Å². The Morgan fingerprint density at radius 2 is 1.89 bits per heavy atom. The summed E-state index contributed by atoms with van der Waals surface area (Å²) < 4.78 is 0. The van der Waals surface area contributed by atoms with Crippen LogP contribution in [0.15, 0.2) is 18.2 Å². The molecule has 19 heavy (non-hydrogen) atoms. The van der Waals surface area contributed by atoms with Crippen LogP contribution < -0.4 is 11.1 Å². The Labute approximate surface area is 121 Å². The lowest BCUT2D eigenvalue weighted by Crippen LogP contribution is -2.45. The summed E-state index contributed by atoms with van der Waals surface area (Å²) in [5.74, 6) is -0.111. The van der Waals surface area contributed by atoms with E-state index in [1.807, 2.05) is 26.8 Å². The number of aryl methyl sites for hydroxylation is 2. The number of carbonyl (C=O) groups excluding carboxylic acids is 1. The van der Waals surface area contributed by atoms with Gasteiger partial charge in [0.1, 0.15) is 0 Å². The Morgan fingerprint density at radius 3 is 2.53 bits per heavy atom. The van der Waals surface area contributed by atoms with E-state index >= 15 is 0 Å². The van der Waals surface area contributed by atoms with Crippen molar-refractivity contribution in [3.8, 4) is 0 Å². The maximum atomic E-state index is 12.0. The zero-order valence-corrected chi connectivity index (χ0v) is 12.6. The number of amides is 1. The number of hydrogen-bond donors (Lipinski definition) is 2. The second-order valence-corrected chi connectivity index (χ2v) is 6.17. The van der Waals surface area contributed by atoms with Crippen molar-refractivity contribution in [3.05, 3.63) is 29.3 Å². The molecule has 0 bridgehead atoms. The monoisotopic (exact) mass is 282 g/mol. The Morgan fingerprint density at radius 1 is 1.26 bits per heavy atom. The Kier molecular flexibility index (Phi) is 4.99. The Bertz CT molecular complexity index is 466. The molecule has 3 N–H and O–H groups in total. The molecule has 4 heteroatoms. The van der Waals surface area contributed by atoms with Gasteiger partial charge < -0.3 is 11.1 Å². The third-order valence-corrected chi connectivity index (χ3v) is 3.58. The first kappa shape index (κ1) is 16.0. The fraction of sp³-hybridized carbons (Fsp3) is 0.533. The van der Waals surface area contributed by atoms with Crippen molar-refractivity contribution in [2.75, 3.05) is 5.32 Å². The van der Waals surface area contributed by atoms with E-state index < -0.39 is 6.04 Å². The number of nitrogens with one attached hydrogen (secondary N) is 1. The molecule has 0 aliphatic heterocycles. The Balaban J connectivity index is 0.00000180. The van der Waals surface area contributed by atoms with Gasteiger partial charge in [0.05, 0.1) is 6.04 Å². The molecule has 1 aromatic rings. The highest BCUT2D eigenvalue weighted by molar-refractivity contribution is 5.95. The number of benzene rings is 1. The molecule has 0 saturated carbocycles. The van der Waals surface area contributed by atoms with Crippen molar-refractivity contribution in [2.45, 2.75) is 46.1 Å². The van der Waals surface area contributed by atoms with Gasteiger partial charge in [-0.15, -0.1) is 12.4 Å². The number of fused-ring (bicyclic) bond motifs is 1. The van der Waals surface area contributed by atoms with Gasteiger partial charge in [0.2, 0.25) is 5.91 Å². The van der Waals surface area contributed by atoms with Crippen LogP contribution in [0.3, 0.4) is 0 Å². The number of carbonyl (C=O) groups is 1. The standard InChI is InChI=1S/C15H22N2O.ClH/c1-15(2,3)13(16)14(18)17-12-8-7-10-5-4-6-11(10)9-12;/h7-9,13H,4-6,16H2,1-3H3,(H,17,18);1H/t13-;/m1./s1. The van der Waals surface area contributed by atoms with Gasteiger partial charge >= 0.3 is 0 Å².